The number of carbonyl (C=O) groups is 2. The molecule has 1 saturated heterocycles. The monoisotopic (exact) mass is 290 g/mol. The largest absolute Gasteiger partial charge is 0.326 e. The summed E-state index contributed by atoms with van der Waals surface area (Å²) in [4.78, 5) is 25.1. The molecule has 1 fully saturated rings. The minimum Gasteiger partial charge on any atom is -0.326 e. The van der Waals surface area contributed by atoms with Gasteiger partial charge in [-0.2, -0.15) is 0 Å². The van der Waals surface area contributed by atoms with Crippen molar-refractivity contribution < 1.29 is 9.59 Å². The number of piperazine rings is 1. The number of hydrogen-bond donors (Lipinski definition) is 3. The first kappa shape index (κ1) is 15.5. The molecule has 0 radical (unpaired) electrons. The Hall–Kier alpha value is -1.92. The second kappa shape index (κ2) is 7.19. The van der Waals surface area contributed by atoms with Gasteiger partial charge in [0.1, 0.15) is 0 Å². The summed E-state index contributed by atoms with van der Waals surface area (Å²) in [6.07, 6.45) is 0. The topological polar surface area (TPSA) is 73.5 Å². The average molecular weight is 290 g/mol. The van der Waals surface area contributed by atoms with Crippen molar-refractivity contribution in [3.8, 4) is 0 Å². The second-order valence-corrected chi connectivity index (χ2v) is 5.33. The summed E-state index contributed by atoms with van der Waals surface area (Å²) in [6, 6.07) is 7.47. The van der Waals surface area contributed by atoms with Crippen molar-refractivity contribution in [1.82, 2.24) is 10.2 Å². The smallest absolute Gasteiger partial charge is 0.238 e. The second-order valence-electron chi connectivity index (χ2n) is 5.33. The van der Waals surface area contributed by atoms with E-state index in [0.717, 1.165) is 31.0 Å². The molecule has 21 heavy (non-hydrogen) atoms. The normalized spacial score (nSPS) is 19.0. The van der Waals surface area contributed by atoms with Gasteiger partial charge in [0.15, 0.2) is 0 Å². The van der Waals surface area contributed by atoms with Gasteiger partial charge >= 0.3 is 0 Å². The number of rotatable bonds is 4. The lowest BCUT2D eigenvalue weighted by molar-refractivity contribution is -0.118. The number of amides is 2. The minimum atomic E-state index is -0.112. The molecule has 2 amide bonds. The standard InChI is InChI=1S/C15H22N4O2/c1-11-9-16-7-8-19(11)10-15(21)18-14-5-3-13(4-6-14)17-12(2)20/h3-6,11,16H,7-10H2,1-2H3,(H,17,20)(H,18,21)/t11-/m0/s1. The van der Waals surface area contributed by atoms with E-state index in [1.165, 1.54) is 6.92 Å². The highest BCUT2D eigenvalue weighted by molar-refractivity contribution is 5.93. The van der Waals surface area contributed by atoms with Gasteiger partial charge in [0.25, 0.3) is 0 Å². The van der Waals surface area contributed by atoms with Crippen LogP contribution < -0.4 is 16.0 Å². The van der Waals surface area contributed by atoms with Crippen LogP contribution in [0.5, 0.6) is 0 Å². The van der Waals surface area contributed by atoms with Gasteiger partial charge in [-0.3, -0.25) is 14.5 Å². The molecule has 6 heteroatoms. The Balaban J connectivity index is 1.85. The molecule has 3 N–H and O–H groups in total. The summed E-state index contributed by atoms with van der Waals surface area (Å²) >= 11 is 0. The molecule has 0 aromatic heterocycles. The summed E-state index contributed by atoms with van der Waals surface area (Å²) in [7, 11) is 0. The molecule has 1 atom stereocenters. The quantitative estimate of drug-likeness (QED) is 0.769. The van der Waals surface area contributed by atoms with Crippen molar-refractivity contribution in [3.05, 3.63) is 24.3 Å². The predicted octanol–water partition coefficient (Wildman–Crippen LogP) is 0.877. The molecule has 0 spiro atoms. The first-order valence-electron chi connectivity index (χ1n) is 7.17. The van der Waals surface area contributed by atoms with Crippen LogP contribution in [0.4, 0.5) is 11.4 Å². The first-order valence-corrected chi connectivity index (χ1v) is 7.17. The van der Waals surface area contributed by atoms with Crippen LogP contribution in [0.1, 0.15) is 13.8 Å². The van der Waals surface area contributed by atoms with Crippen LogP contribution in [0.3, 0.4) is 0 Å². The fraction of sp³-hybridized carbons (Fsp3) is 0.467. The Morgan fingerprint density at radius 3 is 2.43 bits per heavy atom. The number of benzene rings is 1. The molecule has 0 aliphatic carbocycles. The van der Waals surface area contributed by atoms with Crippen LogP contribution in [-0.4, -0.2) is 48.9 Å². The highest BCUT2D eigenvalue weighted by Gasteiger charge is 2.20. The average Bonchev–Trinajstić information content (AvgIpc) is 2.43. The zero-order valence-electron chi connectivity index (χ0n) is 12.5. The molecule has 1 aromatic carbocycles. The van der Waals surface area contributed by atoms with Crippen molar-refractivity contribution >= 4 is 23.2 Å². The molecule has 1 heterocycles. The van der Waals surface area contributed by atoms with Gasteiger partial charge in [0.05, 0.1) is 6.54 Å². The molecule has 6 nitrogen and oxygen atoms in total. The molecule has 1 aliphatic heterocycles. The molecule has 1 aromatic rings. The van der Waals surface area contributed by atoms with Crippen LogP contribution >= 0.6 is 0 Å². The van der Waals surface area contributed by atoms with Crippen molar-refractivity contribution in [2.24, 2.45) is 0 Å². The molecular formula is C15H22N4O2. The lowest BCUT2D eigenvalue weighted by atomic mass is 10.2. The fourth-order valence-corrected chi connectivity index (χ4v) is 2.34. The lowest BCUT2D eigenvalue weighted by Gasteiger charge is -2.33. The van der Waals surface area contributed by atoms with E-state index in [4.69, 9.17) is 0 Å². The molecule has 2 rings (SSSR count). The number of nitrogens with one attached hydrogen (secondary N) is 3. The van der Waals surface area contributed by atoms with Gasteiger partial charge in [-0.25, -0.2) is 0 Å². The van der Waals surface area contributed by atoms with Crippen LogP contribution in [0.15, 0.2) is 24.3 Å². The number of anilines is 2. The van der Waals surface area contributed by atoms with Crippen molar-refractivity contribution in [3.63, 3.8) is 0 Å². The third-order valence-electron chi connectivity index (χ3n) is 3.47. The Bertz CT molecular complexity index is 501. The fourth-order valence-electron chi connectivity index (χ4n) is 2.34. The van der Waals surface area contributed by atoms with Gasteiger partial charge in [-0.15, -0.1) is 0 Å². The molecule has 114 valence electrons. The van der Waals surface area contributed by atoms with E-state index in [2.05, 4.69) is 27.8 Å². The molecule has 1 aliphatic rings. The van der Waals surface area contributed by atoms with Gasteiger partial charge in [0, 0.05) is 44.0 Å². The number of nitrogens with zero attached hydrogens (tertiary/aromatic N) is 1. The Morgan fingerprint density at radius 2 is 1.86 bits per heavy atom. The van der Waals surface area contributed by atoms with E-state index < -0.39 is 0 Å². The number of carbonyl (C=O) groups excluding carboxylic acids is 2. The zero-order valence-corrected chi connectivity index (χ0v) is 12.5. The molecular weight excluding hydrogens is 268 g/mol. The van der Waals surface area contributed by atoms with E-state index in [0.29, 0.717) is 12.6 Å². The van der Waals surface area contributed by atoms with E-state index in [9.17, 15) is 9.59 Å². The summed E-state index contributed by atoms with van der Waals surface area (Å²) in [5.74, 6) is -0.129. The Kier molecular flexibility index (Phi) is 5.30. The maximum atomic E-state index is 12.0. The summed E-state index contributed by atoms with van der Waals surface area (Å²) < 4.78 is 0. The highest BCUT2D eigenvalue weighted by atomic mass is 16.2. The number of hydrogen-bond acceptors (Lipinski definition) is 4. The Morgan fingerprint density at radius 1 is 1.24 bits per heavy atom. The maximum absolute atomic E-state index is 12.0. The van der Waals surface area contributed by atoms with Crippen molar-refractivity contribution in [1.29, 1.82) is 0 Å². The van der Waals surface area contributed by atoms with Gasteiger partial charge in [-0.05, 0) is 31.2 Å². The lowest BCUT2D eigenvalue weighted by Crippen LogP contribution is -2.51. The van der Waals surface area contributed by atoms with E-state index in [1.807, 2.05) is 0 Å². The molecule has 0 bridgehead atoms. The predicted molar refractivity (Wildman–Crippen MR) is 83.3 cm³/mol. The maximum Gasteiger partial charge on any atom is 0.238 e. The van der Waals surface area contributed by atoms with Gasteiger partial charge in [-0.1, -0.05) is 0 Å². The van der Waals surface area contributed by atoms with Crippen LogP contribution in [-0.2, 0) is 9.59 Å². The molecule has 0 saturated carbocycles. The van der Waals surface area contributed by atoms with Gasteiger partial charge in [0.2, 0.25) is 11.8 Å². The van der Waals surface area contributed by atoms with Crippen LogP contribution in [0.2, 0.25) is 0 Å². The van der Waals surface area contributed by atoms with Crippen LogP contribution in [0, 0.1) is 0 Å². The van der Waals surface area contributed by atoms with Crippen LogP contribution in [0.25, 0.3) is 0 Å². The summed E-state index contributed by atoms with van der Waals surface area (Å²) in [6.45, 7) is 6.69. The minimum absolute atomic E-state index is 0.0176. The highest BCUT2D eigenvalue weighted by Crippen LogP contribution is 2.13. The Labute approximate surface area is 124 Å². The van der Waals surface area contributed by atoms with Crippen molar-refractivity contribution in [2.45, 2.75) is 19.9 Å². The zero-order chi connectivity index (χ0) is 15.2. The van der Waals surface area contributed by atoms with Gasteiger partial charge < -0.3 is 16.0 Å². The third-order valence-corrected chi connectivity index (χ3v) is 3.47. The van der Waals surface area contributed by atoms with E-state index in [-0.39, 0.29) is 11.8 Å². The first-order chi connectivity index (χ1) is 10.0. The van der Waals surface area contributed by atoms with Crippen molar-refractivity contribution in [2.75, 3.05) is 36.8 Å². The summed E-state index contributed by atoms with van der Waals surface area (Å²) in [5, 5.41) is 8.87. The SMILES string of the molecule is CC(=O)Nc1ccc(NC(=O)CN2CCNC[C@@H]2C)cc1. The van der Waals surface area contributed by atoms with E-state index >= 15 is 0 Å². The summed E-state index contributed by atoms with van der Waals surface area (Å²) in [5.41, 5.74) is 1.45. The molecule has 0 unspecified atom stereocenters. The third kappa shape index (κ3) is 4.84. The van der Waals surface area contributed by atoms with E-state index in [1.54, 1.807) is 24.3 Å².